The molecule has 1 saturated heterocycles. The summed E-state index contributed by atoms with van der Waals surface area (Å²) < 4.78 is 7.47. The van der Waals surface area contributed by atoms with Crippen LogP contribution in [0.4, 0.5) is 0 Å². The molecule has 1 unspecified atom stereocenters. The molecule has 1 aromatic carbocycles. The van der Waals surface area contributed by atoms with Gasteiger partial charge in [-0.05, 0) is 12.5 Å². The molecular formula is C14H17ClN2O. The van der Waals surface area contributed by atoms with Gasteiger partial charge < -0.3 is 4.74 Å². The molecule has 2 aromatic rings. The number of aromatic nitrogens is 2. The third-order valence-electron chi connectivity index (χ3n) is 3.85. The molecule has 1 aliphatic heterocycles. The van der Waals surface area contributed by atoms with Crippen molar-refractivity contribution in [2.24, 2.45) is 12.5 Å². The number of halogens is 1. The Kier molecular flexibility index (Phi) is 3.04. The minimum Gasteiger partial charge on any atom is -0.381 e. The lowest BCUT2D eigenvalue weighted by Crippen LogP contribution is -2.26. The molecule has 1 fully saturated rings. The number of fused-ring (bicyclic) bond motifs is 1. The molecule has 0 saturated carbocycles. The highest BCUT2D eigenvalue weighted by Crippen LogP contribution is 2.35. The van der Waals surface area contributed by atoms with Crippen LogP contribution in [0.15, 0.2) is 24.3 Å². The summed E-state index contributed by atoms with van der Waals surface area (Å²) in [7, 11) is 1.99. The van der Waals surface area contributed by atoms with Gasteiger partial charge in [-0.1, -0.05) is 18.2 Å². The van der Waals surface area contributed by atoms with Crippen molar-refractivity contribution in [1.82, 2.24) is 9.78 Å². The molecule has 0 radical (unpaired) electrons. The Labute approximate surface area is 112 Å². The number of nitrogens with zero attached hydrogens (tertiary/aromatic N) is 2. The summed E-state index contributed by atoms with van der Waals surface area (Å²) in [5, 5.41) is 5.88. The number of hydrogen-bond acceptors (Lipinski definition) is 2. The Morgan fingerprint density at radius 1 is 1.44 bits per heavy atom. The second-order valence-corrected chi connectivity index (χ2v) is 5.47. The van der Waals surface area contributed by atoms with E-state index in [2.05, 4.69) is 23.3 Å². The lowest BCUT2D eigenvalue weighted by molar-refractivity contribution is 0.160. The third kappa shape index (κ3) is 1.91. The first-order valence-electron chi connectivity index (χ1n) is 6.28. The number of hydrogen-bond donors (Lipinski definition) is 0. The van der Waals surface area contributed by atoms with Crippen LogP contribution < -0.4 is 0 Å². The molecule has 0 amide bonds. The summed E-state index contributed by atoms with van der Waals surface area (Å²) in [6.45, 7) is 1.57. The minimum atomic E-state index is 0.0681. The number of benzene rings is 1. The van der Waals surface area contributed by atoms with E-state index in [1.54, 1.807) is 0 Å². The predicted octanol–water partition coefficient (Wildman–Crippen LogP) is 2.76. The molecule has 0 bridgehead atoms. The van der Waals surface area contributed by atoms with E-state index in [-0.39, 0.29) is 5.41 Å². The maximum absolute atomic E-state index is 6.16. The summed E-state index contributed by atoms with van der Waals surface area (Å²) >= 11 is 6.16. The molecule has 3 rings (SSSR count). The Morgan fingerprint density at radius 3 is 3.00 bits per heavy atom. The predicted molar refractivity (Wildman–Crippen MR) is 73.0 cm³/mol. The first kappa shape index (κ1) is 12.0. The molecule has 1 atom stereocenters. The standard InChI is InChI=1S/C14H17ClN2O/c1-17-13-5-3-2-4-11(13)12(16-17)8-14(9-15)6-7-18-10-14/h2-5H,6-10H2,1H3. The highest BCUT2D eigenvalue weighted by atomic mass is 35.5. The van der Waals surface area contributed by atoms with Crippen LogP contribution in [0.2, 0.25) is 0 Å². The van der Waals surface area contributed by atoms with E-state index in [1.807, 2.05) is 17.8 Å². The second-order valence-electron chi connectivity index (χ2n) is 5.20. The lowest BCUT2D eigenvalue weighted by atomic mass is 9.84. The molecule has 2 heterocycles. The van der Waals surface area contributed by atoms with E-state index >= 15 is 0 Å². The molecule has 96 valence electrons. The maximum atomic E-state index is 6.16. The molecule has 3 nitrogen and oxygen atoms in total. The highest BCUT2D eigenvalue weighted by Gasteiger charge is 2.35. The van der Waals surface area contributed by atoms with Gasteiger partial charge in [-0.15, -0.1) is 11.6 Å². The quantitative estimate of drug-likeness (QED) is 0.797. The monoisotopic (exact) mass is 264 g/mol. The fraction of sp³-hybridized carbons (Fsp3) is 0.500. The zero-order valence-corrected chi connectivity index (χ0v) is 11.3. The number of ether oxygens (including phenoxy) is 1. The van der Waals surface area contributed by atoms with Crippen molar-refractivity contribution in [3.05, 3.63) is 30.0 Å². The lowest BCUT2D eigenvalue weighted by Gasteiger charge is -2.23. The van der Waals surface area contributed by atoms with Crippen LogP contribution in [0.1, 0.15) is 12.1 Å². The summed E-state index contributed by atoms with van der Waals surface area (Å²) in [6, 6.07) is 8.34. The molecule has 0 N–H and O–H groups in total. The van der Waals surface area contributed by atoms with E-state index in [0.717, 1.165) is 31.7 Å². The molecule has 0 spiro atoms. The molecule has 18 heavy (non-hydrogen) atoms. The van der Waals surface area contributed by atoms with Crippen LogP contribution in [0.5, 0.6) is 0 Å². The van der Waals surface area contributed by atoms with Gasteiger partial charge in [0.05, 0.1) is 17.8 Å². The van der Waals surface area contributed by atoms with Gasteiger partial charge in [0, 0.05) is 36.8 Å². The molecular weight excluding hydrogens is 248 g/mol. The van der Waals surface area contributed by atoms with Gasteiger partial charge in [-0.25, -0.2) is 0 Å². The van der Waals surface area contributed by atoms with Crippen molar-refractivity contribution in [3.8, 4) is 0 Å². The first-order chi connectivity index (χ1) is 8.74. The van der Waals surface area contributed by atoms with Crippen LogP contribution in [0.3, 0.4) is 0 Å². The van der Waals surface area contributed by atoms with Crippen molar-refractivity contribution >= 4 is 22.5 Å². The van der Waals surface area contributed by atoms with Gasteiger partial charge in [-0.2, -0.15) is 5.10 Å². The molecule has 4 heteroatoms. The van der Waals surface area contributed by atoms with Gasteiger partial charge >= 0.3 is 0 Å². The van der Waals surface area contributed by atoms with Crippen LogP contribution in [0, 0.1) is 5.41 Å². The molecule has 1 aliphatic rings. The number of para-hydroxylation sites is 1. The average molecular weight is 265 g/mol. The van der Waals surface area contributed by atoms with Crippen LogP contribution in [-0.2, 0) is 18.2 Å². The molecule has 1 aromatic heterocycles. The summed E-state index contributed by atoms with van der Waals surface area (Å²) in [6.07, 6.45) is 1.93. The van der Waals surface area contributed by atoms with Crippen molar-refractivity contribution in [2.45, 2.75) is 12.8 Å². The van der Waals surface area contributed by atoms with Crippen molar-refractivity contribution in [2.75, 3.05) is 19.1 Å². The minimum absolute atomic E-state index is 0.0681. The van der Waals surface area contributed by atoms with Gasteiger partial charge in [0.1, 0.15) is 0 Å². The van der Waals surface area contributed by atoms with Crippen molar-refractivity contribution in [1.29, 1.82) is 0 Å². The van der Waals surface area contributed by atoms with E-state index in [0.29, 0.717) is 5.88 Å². The van der Waals surface area contributed by atoms with Gasteiger partial charge in [0.25, 0.3) is 0 Å². The van der Waals surface area contributed by atoms with E-state index in [4.69, 9.17) is 16.3 Å². The van der Waals surface area contributed by atoms with E-state index in [9.17, 15) is 0 Å². The number of rotatable bonds is 3. The van der Waals surface area contributed by atoms with Gasteiger partial charge in [0.15, 0.2) is 0 Å². The average Bonchev–Trinajstić information content (AvgIpc) is 2.98. The van der Waals surface area contributed by atoms with Crippen LogP contribution >= 0.6 is 11.6 Å². The maximum Gasteiger partial charge on any atom is 0.0710 e. The topological polar surface area (TPSA) is 27.1 Å². The highest BCUT2D eigenvalue weighted by molar-refractivity contribution is 6.18. The summed E-state index contributed by atoms with van der Waals surface area (Å²) in [5.74, 6) is 0.637. The van der Waals surface area contributed by atoms with Crippen molar-refractivity contribution in [3.63, 3.8) is 0 Å². The Hall–Kier alpha value is -1.06. The Morgan fingerprint density at radius 2 is 2.28 bits per heavy atom. The Balaban J connectivity index is 1.99. The third-order valence-corrected chi connectivity index (χ3v) is 4.41. The summed E-state index contributed by atoms with van der Waals surface area (Å²) in [5.41, 5.74) is 2.38. The largest absolute Gasteiger partial charge is 0.381 e. The van der Waals surface area contributed by atoms with Crippen LogP contribution in [0.25, 0.3) is 10.9 Å². The fourth-order valence-electron chi connectivity index (χ4n) is 2.72. The summed E-state index contributed by atoms with van der Waals surface area (Å²) in [4.78, 5) is 0. The normalized spacial score (nSPS) is 23.9. The first-order valence-corrected chi connectivity index (χ1v) is 6.82. The van der Waals surface area contributed by atoms with E-state index in [1.165, 1.54) is 10.9 Å². The zero-order chi connectivity index (χ0) is 12.6. The van der Waals surface area contributed by atoms with E-state index < -0.39 is 0 Å². The van der Waals surface area contributed by atoms with Crippen LogP contribution in [-0.4, -0.2) is 28.9 Å². The smallest absolute Gasteiger partial charge is 0.0710 e. The zero-order valence-electron chi connectivity index (χ0n) is 10.5. The Bertz CT molecular complexity index is 558. The second kappa shape index (κ2) is 4.56. The SMILES string of the molecule is Cn1nc(CC2(CCl)CCOC2)c2ccccc21. The fourth-order valence-corrected chi connectivity index (χ4v) is 3.02. The molecule has 0 aliphatic carbocycles. The number of alkyl halides is 1. The van der Waals surface area contributed by atoms with Crippen molar-refractivity contribution < 1.29 is 4.74 Å². The van der Waals surface area contributed by atoms with Gasteiger partial charge in [-0.3, -0.25) is 4.68 Å². The number of aryl methyl sites for hydroxylation is 1. The van der Waals surface area contributed by atoms with Gasteiger partial charge in [0.2, 0.25) is 0 Å².